The number of carboxylic acid groups (broad SMARTS) is 1. The first kappa shape index (κ1) is 16.3. The predicted molar refractivity (Wildman–Crippen MR) is 72.9 cm³/mol. The molecule has 0 unspecified atom stereocenters. The molecule has 2 atom stereocenters. The van der Waals surface area contributed by atoms with Crippen LogP contribution in [0.4, 0.5) is 4.79 Å². The van der Waals surface area contributed by atoms with Crippen molar-refractivity contribution >= 4 is 17.9 Å². The molecule has 1 aliphatic rings. The average Bonchev–Trinajstić information content (AvgIpc) is 2.37. The highest BCUT2D eigenvalue weighted by molar-refractivity contribution is 5.85. The van der Waals surface area contributed by atoms with Crippen LogP contribution in [-0.4, -0.2) is 47.0 Å². The minimum absolute atomic E-state index is 0.171. The maximum absolute atomic E-state index is 12.1. The second kappa shape index (κ2) is 7.12. The lowest BCUT2D eigenvalue weighted by molar-refractivity contribution is -0.143. The number of hydrogen-bond acceptors (Lipinski definition) is 3. The van der Waals surface area contributed by atoms with Crippen LogP contribution in [0.2, 0.25) is 0 Å². The van der Waals surface area contributed by atoms with Gasteiger partial charge in [-0.1, -0.05) is 13.8 Å². The number of carbonyl (C=O) groups is 3. The first-order valence-electron chi connectivity index (χ1n) is 6.88. The lowest BCUT2D eigenvalue weighted by Gasteiger charge is -2.31. The van der Waals surface area contributed by atoms with Gasteiger partial charge in [0.05, 0.1) is 5.92 Å². The highest BCUT2D eigenvalue weighted by atomic mass is 16.4. The lowest BCUT2D eigenvalue weighted by Crippen LogP contribution is -2.50. The molecule has 0 aromatic rings. The van der Waals surface area contributed by atoms with Crippen molar-refractivity contribution in [1.29, 1.82) is 0 Å². The van der Waals surface area contributed by atoms with Crippen LogP contribution in [0.3, 0.4) is 0 Å². The molecule has 0 aliphatic carbocycles. The summed E-state index contributed by atoms with van der Waals surface area (Å²) < 4.78 is 0. The van der Waals surface area contributed by atoms with E-state index in [0.29, 0.717) is 25.8 Å². The molecule has 7 heteroatoms. The maximum Gasteiger partial charge on any atom is 0.326 e. The largest absolute Gasteiger partial charge is 0.480 e. The summed E-state index contributed by atoms with van der Waals surface area (Å²) in [6, 6.07) is -1.43. The number of aliphatic carboxylic acids is 1. The van der Waals surface area contributed by atoms with Gasteiger partial charge in [-0.2, -0.15) is 0 Å². The summed E-state index contributed by atoms with van der Waals surface area (Å²) in [5.74, 6) is -1.56. The highest BCUT2D eigenvalue weighted by Gasteiger charge is 2.30. The lowest BCUT2D eigenvalue weighted by atomic mass is 9.96. The number of carbonyl (C=O) groups excluding carboxylic acids is 2. The number of amides is 3. The van der Waals surface area contributed by atoms with Crippen LogP contribution in [0.15, 0.2) is 0 Å². The van der Waals surface area contributed by atoms with Gasteiger partial charge in [-0.05, 0) is 25.2 Å². The number of urea groups is 1. The van der Waals surface area contributed by atoms with Gasteiger partial charge in [-0.25, -0.2) is 9.59 Å². The van der Waals surface area contributed by atoms with E-state index < -0.39 is 18.0 Å². The number of likely N-dealkylation sites (tertiary alicyclic amines) is 1. The Morgan fingerprint density at radius 2 is 2.05 bits per heavy atom. The number of hydrogen-bond donors (Lipinski definition) is 3. The average molecular weight is 285 g/mol. The molecular weight excluding hydrogens is 262 g/mol. The Hall–Kier alpha value is -1.79. The molecular formula is C13H23N3O4. The Morgan fingerprint density at radius 1 is 1.40 bits per heavy atom. The van der Waals surface area contributed by atoms with Gasteiger partial charge in [0.2, 0.25) is 5.91 Å². The third-order valence-electron chi connectivity index (χ3n) is 3.43. The zero-order valence-corrected chi connectivity index (χ0v) is 12.0. The molecule has 0 aromatic heterocycles. The summed E-state index contributed by atoms with van der Waals surface area (Å²) in [7, 11) is 0. The van der Waals surface area contributed by atoms with E-state index in [2.05, 4.69) is 5.32 Å². The van der Waals surface area contributed by atoms with E-state index >= 15 is 0 Å². The van der Waals surface area contributed by atoms with E-state index in [1.165, 1.54) is 4.90 Å². The zero-order chi connectivity index (χ0) is 15.3. The van der Waals surface area contributed by atoms with Crippen molar-refractivity contribution < 1.29 is 19.5 Å². The van der Waals surface area contributed by atoms with Crippen molar-refractivity contribution in [3.05, 3.63) is 0 Å². The van der Waals surface area contributed by atoms with E-state index in [1.54, 1.807) is 0 Å². The Bertz CT molecular complexity index is 384. The molecule has 0 aromatic carbocycles. The van der Waals surface area contributed by atoms with Crippen molar-refractivity contribution in [1.82, 2.24) is 10.2 Å². The van der Waals surface area contributed by atoms with Crippen molar-refractivity contribution in [3.63, 3.8) is 0 Å². The van der Waals surface area contributed by atoms with Crippen LogP contribution in [0, 0.1) is 11.8 Å². The molecule has 4 N–H and O–H groups in total. The summed E-state index contributed by atoms with van der Waals surface area (Å²) >= 11 is 0. The van der Waals surface area contributed by atoms with Crippen molar-refractivity contribution in [3.8, 4) is 0 Å². The molecule has 0 radical (unpaired) electrons. The Kier molecular flexibility index (Phi) is 5.79. The van der Waals surface area contributed by atoms with Gasteiger partial charge in [0, 0.05) is 13.1 Å². The molecule has 0 spiro atoms. The molecule has 20 heavy (non-hydrogen) atoms. The van der Waals surface area contributed by atoms with E-state index in [4.69, 9.17) is 10.8 Å². The first-order valence-corrected chi connectivity index (χ1v) is 6.88. The topological polar surface area (TPSA) is 113 Å². The number of piperidine rings is 1. The fourth-order valence-corrected chi connectivity index (χ4v) is 2.37. The molecule has 1 saturated heterocycles. The Labute approximate surface area is 118 Å². The number of nitrogens with one attached hydrogen (secondary N) is 1. The molecule has 1 heterocycles. The molecule has 114 valence electrons. The molecule has 1 rings (SSSR count). The maximum atomic E-state index is 12.1. The standard InChI is InChI=1S/C13H23N3O4/c1-8(2)6-10(12(18)19)15-11(17)9-4-3-5-16(7-9)13(14)20/h8-10H,3-7H2,1-2H3,(H2,14,20)(H,15,17)(H,18,19)/t9-,10+/m1/s1. The molecule has 3 amide bonds. The number of primary amides is 1. The zero-order valence-electron chi connectivity index (χ0n) is 12.0. The third kappa shape index (κ3) is 4.71. The second-order valence-corrected chi connectivity index (χ2v) is 5.65. The van der Waals surface area contributed by atoms with Crippen LogP contribution in [0.5, 0.6) is 0 Å². The van der Waals surface area contributed by atoms with Gasteiger partial charge in [0.1, 0.15) is 6.04 Å². The Balaban J connectivity index is 2.59. The van der Waals surface area contributed by atoms with E-state index in [-0.39, 0.29) is 24.3 Å². The van der Waals surface area contributed by atoms with E-state index in [1.807, 2.05) is 13.8 Å². The van der Waals surface area contributed by atoms with Gasteiger partial charge in [-0.3, -0.25) is 4.79 Å². The first-order chi connectivity index (χ1) is 9.31. The number of nitrogens with two attached hydrogens (primary N) is 1. The van der Waals surface area contributed by atoms with Gasteiger partial charge < -0.3 is 21.1 Å². The van der Waals surface area contributed by atoms with Gasteiger partial charge in [0.15, 0.2) is 0 Å². The summed E-state index contributed by atoms with van der Waals surface area (Å²) in [6.07, 6.45) is 1.72. The molecule has 1 fully saturated rings. The van der Waals surface area contributed by atoms with Crippen LogP contribution in [0.1, 0.15) is 33.1 Å². The number of nitrogens with zero attached hydrogens (tertiary/aromatic N) is 1. The summed E-state index contributed by atoms with van der Waals surface area (Å²) in [5.41, 5.74) is 5.21. The van der Waals surface area contributed by atoms with Gasteiger partial charge in [0.25, 0.3) is 0 Å². The fraction of sp³-hybridized carbons (Fsp3) is 0.769. The normalized spacial score (nSPS) is 20.6. The SMILES string of the molecule is CC(C)C[C@H](NC(=O)[C@@H]1CCCN(C(N)=O)C1)C(=O)O. The monoisotopic (exact) mass is 285 g/mol. The van der Waals surface area contributed by atoms with Crippen LogP contribution in [-0.2, 0) is 9.59 Å². The smallest absolute Gasteiger partial charge is 0.326 e. The quantitative estimate of drug-likeness (QED) is 0.678. The van der Waals surface area contributed by atoms with Crippen LogP contribution >= 0.6 is 0 Å². The summed E-state index contributed by atoms with van der Waals surface area (Å²) in [6.45, 7) is 4.61. The minimum atomic E-state index is -1.03. The highest BCUT2D eigenvalue weighted by Crippen LogP contribution is 2.17. The third-order valence-corrected chi connectivity index (χ3v) is 3.43. The van der Waals surface area contributed by atoms with Crippen LogP contribution < -0.4 is 11.1 Å². The number of rotatable bonds is 5. The number of carboxylic acids is 1. The minimum Gasteiger partial charge on any atom is -0.480 e. The molecule has 0 saturated carbocycles. The summed E-state index contributed by atoms with van der Waals surface area (Å²) in [5, 5.41) is 11.7. The van der Waals surface area contributed by atoms with Crippen molar-refractivity contribution in [2.45, 2.75) is 39.2 Å². The van der Waals surface area contributed by atoms with E-state index in [9.17, 15) is 14.4 Å². The molecule has 0 bridgehead atoms. The molecule has 1 aliphatic heterocycles. The van der Waals surface area contributed by atoms with Crippen LogP contribution in [0.25, 0.3) is 0 Å². The fourth-order valence-electron chi connectivity index (χ4n) is 2.37. The van der Waals surface area contributed by atoms with Gasteiger partial charge >= 0.3 is 12.0 Å². The molecule has 7 nitrogen and oxygen atoms in total. The van der Waals surface area contributed by atoms with Crippen molar-refractivity contribution in [2.24, 2.45) is 17.6 Å². The second-order valence-electron chi connectivity index (χ2n) is 5.65. The predicted octanol–water partition coefficient (Wildman–Crippen LogP) is 0.393. The Morgan fingerprint density at radius 3 is 2.55 bits per heavy atom. The van der Waals surface area contributed by atoms with Crippen molar-refractivity contribution in [2.75, 3.05) is 13.1 Å². The summed E-state index contributed by atoms with van der Waals surface area (Å²) in [4.78, 5) is 35.8. The van der Waals surface area contributed by atoms with Gasteiger partial charge in [-0.15, -0.1) is 0 Å². The van der Waals surface area contributed by atoms with E-state index in [0.717, 1.165) is 0 Å².